The molecule has 0 aromatic carbocycles. The highest BCUT2D eigenvalue weighted by Crippen LogP contribution is 2.21. The van der Waals surface area contributed by atoms with Gasteiger partial charge in [-0.05, 0) is 26.7 Å². The van der Waals surface area contributed by atoms with E-state index < -0.39 is 15.3 Å². The van der Waals surface area contributed by atoms with Gasteiger partial charge in [0, 0.05) is 32.2 Å². The number of hydrogen-bond acceptors (Lipinski definition) is 5. The van der Waals surface area contributed by atoms with Gasteiger partial charge in [0.2, 0.25) is 10.0 Å². The molecule has 112 valence electrons. The molecular formula is C11H23N3O4S. The van der Waals surface area contributed by atoms with Gasteiger partial charge in [0.25, 0.3) is 0 Å². The van der Waals surface area contributed by atoms with Crippen molar-refractivity contribution in [3.63, 3.8) is 0 Å². The van der Waals surface area contributed by atoms with Crippen LogP contribution in [0, 0.1) is 0 Å². The summed E-state index contributed by atoms with van der Waals surface area (Å²) in [6.07, 6.45) is 1.27. The summed E-state index contributed by atoms with van der Waals surface area (Å²) in [4.78, 5) is 0. The molecule has 1 saturated heterocycles. The van der Waals surface area contributed by atoms with E-state index in [1.807, 2.05) is 13.8 Å². The highest BCUT2D eigenvalue weighted by Gasteiger charge is 2.34. The van der Waals surface area contributed by atoms with Crippen LogP contribution >= 0.6 is 0 Å². The van der Waals surface area contributed by atoms with E-state index in [1.54, 1.807) is 0 Å². The maximum Gasteiger partial charge on any atom is 0.217 e. The smallest absolute Gasteiger partial charge is 0.217 e. The van der Waals surface area contributed by atoms with Crippen LogP contribution in [0.2, 0.25) is 0 Å². The Balaban J connectivity index is 2.78. The van der Waals surface area contributed by atoms with Crippen LogP contribution in [-0.4, -0.2) is 54.8 Å². The average Bonchev–Trinajstić information content (AvgIpc) is 2.39. The molecule has 0 aromatic heterocycles. The van der Waals surface area contributed by atoms with Crippen LogP contribution in [0.25, 0.3) is 0 Å². The number of sulfonamides is 1. The van der Waals surface area contributed by atoms with Crippen molar-refractivity contribution < 1.29 is 18.4 Å². The standard InChI is InChI=1S/C11H23N3O4S/c1-9(2)14(6-3-11(12)13-15)19(16,17)10-4-7-18-8-5-10/h9-10,15H,3-8H2,1-2H3,(H2,12,13). The van der Waals surface area contributed by atoms with Gasteiger partial charge >= 0.3 is 0 Å². The first-order valence-corrected chi connectivity index (χ1v) is 7.94. The largest absolute Gasteiger partial charge is 0.409 e. The Labute approximate surface area is 114 Å². The van der Waals surface area contributed by atoms with Crippen molar-refractivity contribution in [2.24, 2.45) is 10.9 Å². The van der Waals surface area contributed by atoms with Crippen molar-refractivity contribution >= 4 is 15.9 Å². The van der Waals surface area contributed by atoms with Crippen LogP contribution in [0.15, 0.2) is 5.16 Å². The van der Waals surface area contributed by atoms with Gasteiger partial charge in [0.15, 0.2) is 0 Å². The Morgan fingerprint density at radius 3 is 2.53 bits per heavy atom. The lowest BCUT2D eigenvalue weighted by molar-refractivity contribution is 0.0969. The van der Waals surface area contributed by atoms with Crippen molar-refractivity contribution in [1.82, 2.24) is 4.31 Å². The number of rotatable bonds is 6. The summed E-state index contributed by atoms with van der Waals surface area (Å²) in [5.74, 6) is 0.0350. The molecule has 8 heteroatoms. The zero-order valence-electron chi connectivity index (χ0n) is 11.4. The molecule has 1 aliphatic rings. The average molecular weight is 293 g/mol. The minimum absolute atomic E-state index is 0.0350. The van der Waals surface area contributed by atoms with E-state index in [4.69, 9.17) is 15.7 Å². The van der Waals surface area contributed by atoms with E-state index >= 15 is 0 Å². The van der Waals surface area contributed by atoms with E-state index in [9.17, 15) is 8.42 Å². The quantitative estimate of drug-likeness (QED) is 0.318. The molecule has 0 spiro atoms. The summed E-state index contributed by atoms with van der Waals surface area (Å²) in [7, 11) is -3.37. The molecule has 0 amide bonds. The predicted molar refractivity (Wildman–Crippen MR) is 72.6 cm³/mol. The van der Waals surface area contributed by atoms with Crippen molar-refractivity contribution in [1.29, 1.82) is 0 Å². The lowest BCUT2D eigenvalue weighted by Gasteiger charge is -2.32. The molecule has 1 heterocycles. The van der Waals surface area contributed by atoms with Gasteiger partial charge in [-0.15, -0.1) is 0 Å². The molecule has 0 saturated carbocycles. The maximum atomic E-state index is 12.6. The molecule has 0 bridgehead atoms. The second kappa shape index (κ2) is 7.06. The van der Waals surface area contributed by atoms with Crippen molar-refractivity contribution in [3.8, 4) is 0 Å². The molecule has 0 atom stereocenters. The normalized spacial score (nSPS) is 19.3. The Kier molecular flexibility index (Phi) is 6.02. The van der Waals surface area contributed by atoms with Gasteiger partial charge in [0.05, 0.1) is 5.25 Å². The minimum Gasteiger partial charge on any atom is -0.409 e. The van der Waals surface area contributed by atoms with Crippen molar-refractivity contribution in [3.05, 3.63) is 0 Å². The number of oxime groups is 1. The van der Waals surface area contributed by atoms with Crippen LogP contribution < -0.4 is 5.73 Å². The fourth-order valence-electron chi connectivity index (χ4n) is 2.12. The summed E-state index contributed by atoms with van der Waals surface area (Å²) >= 11 is 0. The van der Waals surface area contributed by atoms with Gasteiger partial charge in [0.1, 0.15) is 5.84 Å². The summed E-state index contributed by atoms with van der Waals surface area (Å²) in [6.45, 7) is 4.84. The maximum absolute atomic E-state index is 12.6. The third kappa shape index (κ3) is 4.32. The summed E-state index contributed by atoms with van der Waals surface area (Å²) in [5, 5.41) is 11.0. The number of amidine groups is 1. The predicted octanol–water partition coefficient (Wildman–Crippen LogP) is 0.342. The molecule has 1 fully saturated rings. The molecule has 3 N–H and O–H groups in total. The number of hydrogen-bond donors (Lipinski definition) is 2. The van der Waals surface area contributed by atoms with Gasteiger partial charge < -0.3 is 15.7 Å². The van der Waals surface area contributed by atoms with Gasteiger partial charge in [-0.25, -0.2) is 8.42 Å². The summed E-state index contributed by atoms with van der Waals surface area (Å²) in [5.41, 5.74) is 5.40. The molecule has 7 nitrogen and oxygen atoms in total. The first kappa shape index (κ1) is 16.2. The number of nitrogens with zero attached hydrogens (tertiary/aromatic N) is 2. The molecule has 0 radical (unpaired) electrons. The Morgan fingerprint density at radius 1 is 1.47 bits per heavy atom. The van der Waals surface area contributed by atoms with Crippen LogP contribution in [0.1, 0.15) is 33.1 Å². The van der Waals surface area contributed by atoms with Crippen LogP contribution in [0.4, 0.5) is 0 Å². The van der Waals surface area contributed by atoms with E-state index in [1.165, 1.54) is 4.31 Å². The fraction of sp³-hybridized carbons (Fsp3) is 0.909. The van der Waals surface area contributed by atoms with Crippen molar-refractivity contribution in [2.45, 2.75) is 44.4 Å². The van der Waals surface area contributed by atoms with Crippen LogP contribution in [0.3, 0.4) is 0 Å². The van der Waals surface area contributed by atoms with E-state index in [2.05, 4.69) is 5.16 Å². The highest BCUT2D eigenvalue weighted by atomic mass is 32.2. The van der Waals surface area contributed by atoms with E-state index in [-0.39, 0.29) is 24.8 Å². The Morgan fingerprint density at radius 2 is 2.05 bits per heavy atom. The van der Waals surface area contributed by atoms with Gasteiger partial charge in [-0.2, -0.15) is 4.31 Å². The second-order valence-electron chi connectivity index (χ2n) is 4.90. The molecule has 19 heavy (non-hydrogen) atoms. The zero-order chi connectivity index (χ0) is 14.5. The molecular weight excluding hydrogens is 270 g/mol. The third-order valence-electron chi connectivity index (χ3n) is 3.21. The molecule has 0 aliphatic carbocycles. The molecule has 1 rings (SSSR count). The molecule has 1 aliphatic heterocycles. The first-order valence-electron chi connectivity index (χ1n) is 6.44. The Bertz CT molecular complexity index is 402. The highest BCUT2D eigenvalue weighted by molar-refractivity contribution is 7.89. The number of nitrogens with two attached hydrogens (primary N) is 1. The monoisotopic (exact) mass is 293 g/mol. The minimum atomic E-state index is -3.37. The summed E-state index contributed by atoms with van der Waals surface area (Å²) in [6, 6.07) is -0.153. The number of ether oxygens (including phenoxy) is 1. The molecule has 0 aromatic rings. The topological polar surface area (TPSA) is 105 Å². The lowest BCUT2D eigenvalue weighted by atomic mass is 10.2. The van der Waals surface area contributed by atoms with Crippen molar-refractivity contribution in [2.75, 3.05) is 19.8 Å². The Hall–Kier alpha value is -0.860. The SMILES string of the molecule is CC(C)N(CCC(N)=NO)S(=O)(=O)C1CCOCC1. The van der Waals surface area contributed by atoms with Gasteiger partial charge in [-0.1, -0.05) is 5.16 Å². The lowest BCUT2D eigenvalue weighted by Crippen LogP contribution is -2.45. The first-order chi connectivity index (χ1) is 8.89. The second-order valence-corrected chi connectivity index (χ2v) is 7.07. The fourth-order valence-corrected chi connectivity index (χ4v) is 4.22. The van der Waals surface area contributed by atoms with Crippen LogP contribution in [-0.2, 0) is 14.8 Å². The molecule has 0 unspecified atom stereocenters. The van der Waals surface area contributed by atoms with Gasteiger partial charge in [-0.3, -0.25) is 0 Å². The summed E-state index contributed by atoms with van der Waals surface area (Å²) < 4.78 is 31.7. The van der Waals surface area contributed by atoms with Crippen LogP contribution in [0.5, 0.6) is 0 Å². The van der Waals surface area contributed by atoms with E-state index in [0.717, 1.165) is 0 Å². The third-order valence-corrected chi connectivity index (χ3v) is 5.78. The zero-order valence-corrected chi connectivity index (χ0v) is 12.3. The van der Waals surface area contributed by atoms with E-state index in [0.29, 0.717) is 26.1 Å².